The Hall–Kier alpha value is -1.45. The Bertz CT molecular complexity index is 434. The lowest BCUT2D eigenvalue weighted by molar-refractivity contribution is 0.234. The van der Waals surface area contributed by atoms with E-state index in [-0.39, 0.29) is 6.10 Å². The summed E-state index contributed by atoms with van der Waals surface area (Å²) in [6, 6.07) is 4.52. The Kier molecular flexibility index (Phi) is 5.10. The molecule has 2 rings (SSSR count). The van der Waals surface area contributed by atoms with E-state index in [4.69, 9.17) is 10.5 Å². The third-order valence-corrected chi connectivity index (χ3v) is 3.86. The van der Waals surface area contributed by atoms with Gasteiger partial charge in [0.05, 0.1) is 11.8 Å². The molecule has 0 saturated carbocycles. The van der Waals surface area contributed by atoms with Crippen molar-refractivity contribution >= 4 is 11.5 Å². The molecule has 0 amide bonds. The molecular formula is C16H27N3O. The van der Waals surface area contributed by atoms with Gasteiger partial charge in [0.1, 0.15) is 5.82 Å². The zero-order chi connectivity index (χ0) is 14.5. The van der Waals surface area contributed by atoms with Crippen LogP contribution in [0.2, 0.25) is 0 Å². The van der Waals surface area contributed by atoms with Crippen LogP contribution in [0.5, 0.6) is 5.88 Å². The predicted molar refractivity (Wildman–Crippen MR) is 84.3 cm³/mol. The normalized spacial score (nSPS) is 20.0. The quantitative estimate of drug-likeness (QED) is 0.913. The average molecular weight is 277 g/mol. The summed E-state index contributed by atoms with van der Waals surface area (Å²) in [6.45, 7) is 7.32. The SMILES string of the molecule is CCC1CCCCCN1c1ccc(N)c(OC(C)C)n1. The summed E-state index contributed by atoms with van der Waals surface area (Å²) >= 11 is 0. The van der Waals surface area contributed by atoms with E-state index >= 15 is 0 Å². The number of nitrogen functional groups attached to an aromatic ring is 1. The Morgan fingerprint density at radius 3 is 2.85 bits per heavy atom. The minimum absolute atomic E-state index is 0.0890. The van der Waals surface area contributed by atoms with E-state index in [9.17, 15) is 0 Å². The number of nitrogens with two attached hydrogens (primary N) is 1. The van der Waals surface area contributed by atoms with Crippen LogP contribution >= 0.6 is 0 Å². The first kappa shape index (κ1) is 14.9. The van der Waals surface area contributed by atoms with Crippen LogP contribution in [0.4, 0.5) is 11.5 Å². The molecule has 4 heteroatoms. The second-order valence-corrected chi connectivity index (χ2v) is 5.84. The maximum atomic E-state index is 5.96. The van der Waals surface area contributed by atoms with Crippen LogP contribution in [0.1, 0.15) is 52.9 Å². The topological polar surface area (TPSA) is 51.4 Å². The summed E-state index contributed by atoms with van der Waals surface area (Å²) in [7, 11) is 0. The van der Waals surface area contributed by atoms with Crippen LogP contribution < -0.4 is 15.4 Å². The van der Waals surface area contributed by atoms with Crippen LogP contribution in [-0.4, -0.2) is 23.7 Å². The lowest BCUT2D eigenvalue weighted by Gasteiger charge is -2.30. The molecule has 1 fully saturated rings. The molecule has 112 valence electrons. The number of aromatic nitrogens is 1. The molecule has 20 heavy (non-hydrogen) atoms. The van der Waals surface area contributed by atoms with E-state index in [0.29, 0.717) is 17.6 Å². The van der Waals surface area contributed by atoms with Gasteiger partial charge in [-0.3, -0.25) is 0 Å². The van der Waals surface area contributed by atoms with Crippen molar-refractivity contribution in [3.8, 4) is 5.88 Å². The van der Waals surface area contributed by atoms with Gasteiger partial charge in [-0.15, -0.1) is 0 Å². The highest BCUT2D eigenvalue weighted by atomic mass is 16.5. The van der Waals surface area contributed by atoms with Crippen molar-refractivity contribution in [3.05, 3.63) is 12.1 Å². The van der Waals surface area contributed by atoms with Gasteiger partial charge in [0.2, 0.25) is 5.88 Å². The van der Waals surface area contributed by atoms with Crippen molar-refractivity contribution < 1.29 is 4.74 Å². The molecule has 0 bridgehead atoms. The molecule has 0 aliphatic carbocycles. The minimum atomic E-state index is 0.0890. The number of nitrogens with zero attached hydrogens (tertiary/aromatic N) is 2. The smallest absolute Gasteiger partial charge is 0.239 e. The van der Waals surface area contributed by atoms with Crippen molar-refractivity contribution in [1.29, 1.82) is 0 Å². The number of hydrogen-bond donors (Lipinski definition) is 1. The van der Waals surface area contributed by atoms with Gasteiger partial charge < -0.3 is 15.4 Å². The van der Waals surface area contributed by atoms with Crippen molar-refractivity contribution in [2.24, 2.45) is 0 Å². The Morgan fingerprint density at radius 1 is 1.35 bits per heavy atom. The Morgan fingerprint density at radius 2 is 2.15 bits per heavy atom. The second-order valence-electron chi connectivity index (χ2n) is 5.84. The monoisotopic (exact) mass is 277 g/mol. The first-order chi connectivity index (χ1) is 9.61. The highest BCUT2D eigenvalue weighted by Gasteiger charge is 2.21. The highest BCUT2D eigenvalue weighted by Crippen LogP contribution is 2.29. The van der Waals surface area contributed by atoms with E-state index < -0.39 is 0 Å². The van der Waals surface area contributed by atoms with E-state index in [1.807, 2.05) is 26.0 Å². The largest absolute Gasteiger partial charge is 0.473 e. The standard InChI is InChI=1S/C16H27N3O/c1-4-13-8-6-5-7-11-19(13)15-10-9-14(17)16(18-15)20-12(2)3/h9-10,12-13H,4-8,11,17H2,1-3H3. The molecule has 0 aromatic carbocycles. The van der Waals surface area contributed by atoms with Gasteiger partial charge in [-0.25, -0.2) is 0 Å². The molecule has 0 spiro atoms. The van der Waals surface area contributed by atoms with Crippen LogP contribution in [0, 0.1) is 0 Å². The van der Waals surface area contributed by atoms with Crippen LogP contribution in [0.3, 0.4) is 0 Å². The number of anilines is 2. The van der Waals surface area contributed by atoms with E-state index in [0.717, 1.165) is 18.8 Å². The van der Waals surface area contributed by atoms with Gasteiger partial charge in [0.15, 0.2) is 0 Å². The number of ether oxygens (including phenoxy) is 1. The second kappa shape index (κ2) is 6.82. The molecular weight excluding hydrogens is 250 g/mol. The fraction of sp³-hybridized carbons (Fsp3) is 0.688. The van der Waals surface area contributed by atoms with E-state index in [1.165, 1.54) is 25.7 Å². The van der Waals surface area contributed by atoms with Gasteiger partial charge in [-0.05, 0) is 45.2 Å². The van der Waals surface area contributed by atoms with Crippen molar-refractivity contribution in [1.82, 2.24) is 4.98 Å². The first-order valence-electron chi connectivity index (χ1n) is 7.81. The van der Waals surface area contributed by atoms with Gasteiger partial charge in [-0.1, -0.05) is 19.8 Å². The van der Waals surface area contributed by atoms with Gasteiger partial charge in [0, 0.05) is 12.6 Å². The first-order valence-corrected chi connectivity index (χ1v) is 7.81. The summed E-state index contributed by atoms with van der Waals surface area (Å²) in [5, 5.41) is 0. The lowest BCUT2D eigenvalue weighted by Crippen LogP contribution is -2.35. The fourth-order valence-electron chi connectivity index (χ4n) is 2.82. The van der Waals surface area contributed by atoms with Crippen molar-refractivity contribution in [3.63, 3.8) is 0 Å². The molecule has 1 aromatic rings. The summed E-state index contributed by atoms with van der Waals surface area (Å²) in [5.41, 5.74) is 6.58. The minimum Gasteiger partial charge on any atom is -0.473 e. The maximum absolute atomic E-state index is 5.96. The maximum Gasteiger partial charge on any atom is 0.239 e. The lowest BCUT2D eigenvalue weighted by atomic mass is 10.1. The number of hydrogen-bond acceptors (Lipinski definition) is 4. The predicted octanol–water partition coefficient (Wildman–Crippen LogP) is 3.61. The molecule has 1 aliphatic heterocycles. The van der Waals surface area contributed by atoms with Gasteiger partial charge >= 0.3 is 0 Å². The summed E-state index contributed by atoms with van der Waals surface area (Å²) in [4.78, 5) is 7.08. The van der Waals surface area contributed by atoms with E-state index in [2.05, 4.69) is 16.8 Å². The highest BCUT2D eigenvalue weighted by molar-refractivity contribution is 5.55. The Balaban J connectivity index is 2.25. The van der Waals surface area contributed by atoms with Gasteiger partial charge in [0.25, 0.3) is 0 Å². The molecule has 2 N–H and O–H groups in total. The molecule has 1 unspecified atom stereocenters. The van der Waals surface area contributed by atoms with Crippen LogP contribution in [-0.2, 0) is 0 Å². The molecule has 4 nitrogen and oxygen atoms in total. The fourth-order valence-corrected chi connectivity index (χ4v) is 2.82. The summed E-state index contributed by atoms with van der Waals surface area (Å²) in [6.07, 6.45) is 6.38. The number of rotatable bonds is 4. The molecule has 2 heterocycles. The third-order valence-electron chi connectivity index (χ3n) is 3.86. The summed E-state index contributed by atoms with van der Waals surface area (Å²) in [5.74, 6) is 1.57. The van der Waals surface area contributed by atoms with Crippen LogP contribution in [0.25, 0.3) is 0 Å². The Labute approximate surface area is 122 Å². The zero-order valence-corrected chi connectivity index (χ0v) is 12.9. The molecule has 1 aromatic heterocycles. The molecule has 1 saturated heterocycles. The van der Waals surface area contributed by atoms with Crippen LogP contribution in [0.15, 0.2) is 12.1 Å². The van der Waals surface area contributed by atoms with E-state index in [1.54, 1.807) is 0 Å². The van der Waals surface area contributed by atoms with Gasteiger partial charge in [-0.2, -0.15) is 4.98 Å². The molecule has 0 radical (unpaired) electrons. The zero-order valence-electron chi connectivity index (χ0n) is 12.9. The molecule has 1 aliphatic rings. The molecule has 1 atom stereocenters. The number of pyridine rings is 1. The third kappa shape index (κ3) is 3.56. The summed E-state index contributed by atoms with van der Waals surface area (Å²) < 4.78 is 5.71. The average Bonchev–Trinajstić information content (AvgIpc) is 2.66. The van der Waals surface area contributed by atoms with Crippen molar-refractivity contribution in [2.45, 2.75) is 65.0 Å². The van der Waals surface area contributed by atoms with Crippen molar-refractivity contribution in [2.75, 3.05) is 17.2 Å².